The maximum atomic E-state index is 14.2. The molecule has 13 heteroatoms. The number of fused-ring (bicyclic) bond motifs is 1. The molecule has 1 aliphatic heterocycles. The Bertz CT molecular complexity index is 1460. The largest absolute Gasteiger partial charge is 0.485 e. The fourth-order valence-electron chi connectivity index (χ4n) is 6.35. The average Bonchev–Trinajstić information content (AvgIpc) is 3.79. The van der Waals surface area contributed by atoms with Crippen molar-refractivity contribution in [3.05, 3.63) is 53.7 Å². The lowest BCUT2D eigenvalue weighted by Gasteiger charge is -2.21. The van der Waals surface area contributed by atoms with Gasteiger partial charge in [0.05, 0.1) is 37.2 Å². The fraction of sp³-hybridized carbons (Fsp3) is 0.658. The van der Waals surface area contributed by atoms with Crippen molar-refractivity contribution in [1.82, 2.24) is 14.6 Å². The Morgan fingerprint density at radius 3 is 2.31 bits per heavy atom. The maximum absolute atomic E-state index is 14.2. The number of halogens is 1. The van der Waals surface area contributed by atoms with Crippen LogP contribution in [0.25, 0.3) is 5.52 Å². The molecule has 1 saturated heterocycles. The van der Waals surface area contributed by atoms with Gasteiger partial charge >= 0.3 is 8.60 Å². The lowest BCUT2D eigenvalue weighted by atomic mass is 10.0. The number of anilines is 1. The van der Waals surface area contributed by atoms with Crippen LogP contribution in [0.5, 0.6) is 5.75 Å². The second-order valence-electron chi connectivity index (χ2n) is 13.4. The summed E-state index contributed by atoms with van der Waals surface area (Å²) in [6.45, 7) is 3.14. The summed E-state index contributed by atoms with van der Waals surface area (Å²) in [6.07, 6.45) is 21.3. The highest BCUT2D eigenvalue weighted by atomic mass is 31.2. The number of rotatable bonds is 27. The molecular weight excluding hydrogens is 672 g/mol. The predicted octanol–water partition coefficient (Wildman–Crippen LogP) is 9.13. The Morgan fingerprint density at radius 1 is 0.961 bits per heavy atom. The van der Waals surface area contributed by atoms with Crippen molar-refractivity contribution in [2.75, 3.05) is 32.2 Å². The number of benzene rings is 1. The summed E-state index contributed by atoms with van der Waals surface area (Å²) in [5, 5.41) is 13.4. The molecule has 0 spiro atoms. The second kappa shape index (κ2) is 23.6. The van der Waals surface area contributed by atoms with Crippen LogP contribution < -0.4 is 10.5 Å². The van der Waals surface area contributed by atoms with Crippen LogP contribution in [0.4, 0.5) is 10.2 Å². The minimum atomic E-state index is -2.22. The third-order valence-corrected chi connectivity index (χ3v) is 9.99. The van der Waals surface area contributed by atoms with E-state index in [1.165, 1.54) is 108 Å². The van der Waals surface area contributed by atoms with Crippen LogP contribution in [0.15, 0.2) is 36.7 Å². The molecule has 11 nitrogen and oxygen atoms in total. The minimum absolute atomic E-state index is 0.0336. The molecule has 1 aromatic carbocycles. The van der Waals surface area contributed by atoms with E-state index in [1.807, 2.05) is 18.2 Å². The lowest BCUT2D eigenvalue weighted by Crippen LogP contribution is -2.28. The van der Waals surface area contributed by atoms with E-state index in [-0.39, 0.29) is 43.3 Å². The van der Waals surface area contributed by atoms with Crippen LogP contribution >= 0.6 is 8.60 Å². The van der Waals surface area contributed by atoms with Gasteiger partial charge in [0.25, 0.3) is 0 Å². The first kappa shape index (κ1) is 40.9. The number of hydrogen-bond acceptors (Lipinski definition) is 10. The molecule has 3 heterocycles. The van der Waals surface area contributed by atoms with Crippen LogP contribution in [0, 0.1) is 17.1 Å². The molecule has 4 rings (SSSR count). The summed E-state index contributed by atoms with van der Waals surface area (Å²) in [5.74, 6) is -0.0199. The van der Waals surface area contributed by atoms with Gasteiger partial charge in [0.2, 0.25) is 0 Å². The van der Waals surface area contributed by atoms with Crippen molar-refractivity contribution in [3.8, 4) is 11.8 Å². The van der Waals surface area contributed by atoms with E-state index >= 15 is 0 Å². The molecule has 0 amide bonds. The third kappa shape index (κ3) is 14.6. The van der Waals surface area contributed by atoms with Gasteiger partial charge in [-0.25, -0.2) is 13.9 Å². The monoisotopic (exact) mass is 729 g/mol. The number of nitrogens with two attached hydrogens (primary N) is 1. The van der Waals surface area contributed by atoms with E-state index in [9.17, 15) is 9.28 Å². The van der Waals surface area contributed by atoms with Crippen LogP contribution in [0.1, 0.15) is 133 Å². The second-order valence-corrected chi connectivity index (χ2v) is 14.4. The van der Waals surface area contributed by atoms with Crippen LogP contribution in [0.3, 0.4) is 0 Å². The fourth-order valence-corrected chi connectivity index (χ4v) is 7.01. The van der Waals surface area contributed by atoms with Crippen molar-refractivity contribution >= 4 is 19.9 Å². The predicted molar refractivity (Wildman–Crippen MR) is 197 cm³/mol. The molecule has 1 aliphatic rings. The van der Waals surface area contributed by atoms with Crippen molar-refractivity contribution in [1.29, 1.82) is 5.26 Å². The number of nitrogens with zero attached hydrogens (tertiary/aromatic N) is 4. The molecule has 3 N–H and O–H groups in total. The topological polar surface area (TPSA) is 146 Å². The third-order valence-electron chi connectivity index (χ3n) is 9.25. The zero-order chi connectivity index (χ0) is 36.1. The highest BCUT2D eigenvalue weighted by molar-refractivity contribution is 7.40. The standard InChI is InChI=1S/C38H57FN5O6P/c1-2-3-4-5-6-7-8-9-10-11-12-13-14-15-16-23-46-26-33(49-31-18-17-30(25-40)34(39)24-31)28-48-51(45)47-27-32-19-22-37(50-32)35-20-21-36-38(41)42-29-43-44(35)36/h17-18,20-21,24,29,32-33,37,45H,2-16,19,22-23,26-28H2,1H3,(H2,41,42,43). The summed E-state index contributed by atoms with van der Waals surface area (Å²) >= 11 is 0. The molecule has 4 atom stereocenters. The first-order valence-corrected chi connectivity index (χ1v) is 20.0. The van der Waals surface area contributed by atoms with Crippen molar-refractivity contribution in [2.45, 2.75) is 134 Å². The summed E-state index contributed by atoms with van der Waals surface area (Å²) in [4.78, 5) is 14.5. The van der Waals surface area contributed by atoms with Gasteiger partial charge in [-0.3, -0.25) is 0 Å². The summed E-state index contributed by atoms with van der Waals surface area (Å²) < 4.78 is 45.3. The quantitative estimate of drug-likeness (QED) is 0.0575. The minimum Gasteiger partial charge on any atom is -0.485 e. The normalized spacial score (nSPS) is 17.1. The molecular formula is C38H57FN5O6P. The van der Waals surface area contributed by atoms with Gasteiger partial charge < -0.3 is 33.9 Å². The van der Waals surface area contributed by atoms with Crippen molar-refractivity contribution in [3.63, 3.8) is 0 Å². The molecule has 51 heavy (non-hydrogen) atoms. The Morgan fingerprint density at radius 2 is 1.65 bits per heavy atom. The van der Waals surface area contributed by atoms with Gasteiger partial charge in [-0.15, -0.1) is 0 Å². The SMILES string of the molecule is CCCCCCCCCCCCCCCCCOCC(COP(O)OCC1CCC(c2ccc3c(N)ncnn23)O1)Oc1ccc(C#N)c(F)c1. The first-order chi connectivity index (χ1) is 25.0. The van der Waals surface area contributed by atoms with Crippen molar-refractivity contribution in [2.24, 2.45) is 0 Å². The van der Waals surface area contributed by atoms with E-state index in [2.05, 4.69) is 17.0 Å². The molecule has 282 valence electrons. The molecule has 0 bridgehead atoms. The lowest BCUT2D eigenvalue weighted by molar-refractivity contribution is 0.00194. The average molecular weight is 730 g/mol. The number of ether oxygens (including phenoxy) is 3. The Balaban J connectivity index is 1.10. The number of hydrogen-bond donors (Lipinski definition) is 2. The van der Waals surface area contributed by atoms with E-state index in [0.29, 0.717) is 12.4 Å². The summed E-state index contributed by atoms with van der Waals surface area (Å²) in [6, 6.07) is 9.68. The first-order valence-electron chi connectivity index (χ1n) is 18.9. The molecule has 2 aromatic heterocycles. The number of unbranched alkanes of at least 4 members (excludes halogenated alkanes) is 14. The van der Waals surface area contributed by atoms with Crippen molar-refractivity contribution < 1.29 is 32.5 Å². The highest BCUT2D eigenvalue weighted by Crippen LogP contribution is 2.38. The Labute approximate surface area is 304 Å². The van der Waals surface area contributed by atoms with Crippen LogP contribution in [-0.4, -0.2) is 58.1 Å². The number of nitrogen functional groups attached to an aromatic ring is 1. The molecule has 0 saturated carbocycles. The smallest absolute Gasteiger partial charge is 0.330 e. The van der Waals surface area contributed by atoms with E-state index < -0.39 is 20.5 Å². The molecule has 0 aliphatic carbocycles. The summed E-state index contributed by atoms with van der Waals surface area (Å²) in [7, 11) is -2.22. The van der Waals surface area contributed by atoms with Gasteiger partial charge in [0.1, 0.15) is 41.7 Å². The molecule has 0 radical (unpaired) electrons. The molecule has 3 aromatic rings. The zero-order valence-corrected chi connectivity index (χ0v) is 31.1. The van der Waals surface area contributed by atoms with Gasteiger partial charge in [0.15, 0.2) is 5.82 Å². The van der Waals surface area contributed by atoms with Gasteiger partial charge in [-0.2, -0.15) is 10.4 Å². The van der Waals surface area contributed by atoms with Gasteiger partial charge in [-0.05, 0) is 43.5 Å². The van der Waals surface area contributed by atoms with E-state index in [0.717, 1.165) is 36.9 Å². The number of nitriles is 1. The van der Waals surface area contributed by atoms with Gasteiger partial charge in [0, 0.05) is 12.7 Å². The Kier molecular flexibility index (Phi) is 18.9. The highest BCUT2D eigenvalue weighted by Gasteiger charge is 2.30. The van der Waals surface area contributed by atoms with Crippen LogP contribution in [0.2, 0.25) is 0 Å². The van der Waals surface area contributed by atoms with E-state index in [4.69, 9.17) is 34.3 Å². The zero-order valence-electron chi connectivity index (χ0n) is 30.2. The summed E-state index contributed by atoms with van der Waals surface area (Å²) in [5.41, 5.74) is 7.50. The van der Waals surface area contributed by atoms with Gasteiger partial charge in [-0.1, -0.05) is 96.8 Å². The molecule has 1 fully saturated rings. The molecule has 4 unspecified atom stereocenters. The number of aromatic nitrogens is 3. The maximum Gasteiger partial charge on any atom is 0.330 e. The Hall–Kier alpha value is -2.91. The van der Waals surface area contributed by atoms with Crippen LogP contribution in [-0.2, 0) is 18.5 Å². The van der Waals surface area contributed by atoms with E-state index in [1.54, 1.807) is 4.52 Å².